The zero-order valence-corrected chi connectivity index (χ0v) is 15.2. The molecule has 0 fully saturated rings. The number of benzene rings is 1. The Kier molecular flexibility index (Phi) is 6.62. The number of carbonyl (C=O) groups excluding carboxylic acids is 3. The molecule has 0 saturated heterocycles. The van der Waals surface area contributed by atoms with Crippen LogP contribution >= 0.6 is 0 Å². The van der Waals surface area contributed by atoms with E-state index in [1.54, 1.807) is 42.2 Å². The number of nitrogens with one attached hydrogen (secondary N) is 2. The van der Waals surface area contributed by atoms with Gasteiger partial charge in [-0.1, -0.05) is 12.1 Å². The molecule has 0 aliphatic rings. The molecule has 8 nitrogen and oxygen atoms in total. The van der Waals surface area contributed by atoms with Gasteiger partial charge in [-0.25, -0.2) is 4.98 Å². The normalized spacial score (nSPS) is 10.6. The smallest absolute Gasteiger partial charge is 0.313 e. The number of rotatable bonds is 7. The van der Waals surface area contributed by atoms with Gasteiger partial charge in [-0.3, -0.25) is 14.4 Å². The van der Waals surface area contributed by atoms with Crippen LogP contribution in [0, 0.1) is 0 Å². The van der Waals surface area contributed by atoms with Crippen molar-refractivity contribution in [3.05, 3.63) is 48.0 Å². The van der Waals surface area contributed by atoms with Crippen LogP contribution in [0.1, 0.15) is 22.6 Å². The number of anilines is 1. The molecule has 1 aromatic carbocycles. The molecule has 0 spiro atoms. The molecule has 0 saturated carbocycles. The Balaban J connectivity index is 1.95. The van der Waals surface area contributed by atoms with Crippen molar-refractivity contribution < 1.29 is 14.4 Å². The van der Waals surface area contributed by atoms with E-state index in [4.69, 9.17) is 0 Å². The van der Waals surface area contributed by atoms with Crippen LogP contribution in [0.3, 0.4) is 0 Å². The van der Waals surface area contributed by atoms with E-state index in [9.17, 15) is 14.4 Å². The lowest BCUT2D eigenvalue weighted by Crippen LogP contribution is -2.36. The van der Waals surface area contributed by atoms with Gasteiger partial charge in [0.25, 0.3) is 0 Å². The number of hydrogen-bond acceptors (Lipinski definition) is 5. The third-order valence-corrected chi connectivity index (χ3v) is 3.68. The standard InChI is InChI=1S/C18H23N5O3/c1-22(2)10-5-8-20-17(25)18(26)21-14-7-4-6-13(12-14)15(24)16-19-9-11-23(16)3/h4,6-7,9,11-12H,5,8,10H2,1-3H3,(H,20,25)(H,21,26). The van der Waals surface area contributed by atoms with Crippen molar-refractivity contribution in [2.45, 2.75) is 6.42 Å². The van der Waals surface area contributed by atoms with Crippen molar-refractivity contribution in [1.82, 2.24) is 19.8 Å². The van der Waals surface area contributed by atoms with Gasteiger partial charge < -0.3 is 20.1 Å². The van der Waals surface area contributed by atoms with Crippen LogP contribution in [0.4, 0.5) is 5.69 Å². The average Bonchev–Trinajstić information content (AvgIpc) is 3.03. The summed E-state index contributed by atoms with van der Waals surface area (Å²) in [6, 6.07) is 6.41. The first-order chi connectivity index (χ1) is 12.4. The average molecular weight is 357 g/mol. The second kappa shape index (κ2) is 8.91. The Morgan fingerprint density at radius 2 is 1.96 bits per heavy atom. The number of nitrogens with zero attached hydrogens (tertiary/aromatic N) is 3. The van der Waals surface area contributed by atoms with Gasteiger partial charge in [-0.05, 0) is 39.2 Å². The lowest BCUT2D eigenvalue weighted by atomic mass is 10.1. The third kappa shape index (κ3) is 5.25. The SMILES string of the molecule is CN(C)CCCNC(=O)C(=O)Nc1cccc(C(=O)c2nccn2C)c1. The van der Waals surface area contributed by atoms with E-state index < -0.39 is 11.8 Å². The van der Waals surface area contributed by atoms with E-state index in [-0.39, 0.29) is 5.78 Å². The van der Waals surface area contributed by atoms with Gasteiger partial charge in [0.1, 0.15) is 0 Å². The molecule has 1 heterocycles. The molecule has 1 aromatic heterocycles. The number of imidazole rings is 1. The summed E-state index contributed by atoms with van der Waals surface area (Å²) < 4.78 is 1.62. The third-order valence-electron chi connectivity index (χ3n) is 3.68. The van der Waals surface area contributed by atoms with Crippen LogP contribution in [0.2, 0.25) is 0 Å². The Morgan fingerprint density at radius 3 is 2.62 bits per heavy atom. The summed E-state index contributed by atoms with van der Waals surface area (Å²) >= 11 is 0. The largest absolute Gasteiger partial charge is 0.348 e. The molecular formula is C18H23N5O3. The molecule has 0 bridgehead atoms. The van der Waals surface area contributed by atoms with E-state index in [0.29, 0.717) is 23.6 Å². The molecule has 8 heteroatoms. The number of amides is 2. The molecule has 0 aliphatic carbocycles. The van der Waals surface area contributed by atoms with Crippen LogP contribution < -0.4 is 10.6 Å². The van der Waals surface area contributed by atoms with E-state index in [1.165, 1.54) is 6.07 Å². The highest BCUT2D eigenvalue weighted by atomic mass is 16.2. The van der Waals surface area contributed by atoms with E-state index in [0.717, 1.165) is 13.0 Å². The van der Waals surface area contributed by atoms with Gasteiger partial charge in [0, 0.05) is 37.2 Å². The number of ketones is 1. The highest BCUT2D eigenvalue weighted by Crippen LogP contribution is 2.14. The second-order valence-electron chi connectivity index (χ2n) is 6.14. The van der Waals surface area contributed by atoms with Gasteiger partial charge in [-0.2, -0.15) is 0 Å². The summed E-state index contributed by atoms with van der Waals surface area (Å²) in [6.45, 7) is 1.24. The molecule has 2 aromatic rings. The summed E-state index contributed by atoms with van der Waals surface area (Å²) in [5, 5.41) is 5.07. The lowest BCUT2D eigenvalue weighted by Gasteiger charge is -2.10. The topological polar surface area (TPSA) is 96.3 Å². The molecule has 138 valence electrons. The van der Waals surface area contributed by atoms with Crippen molar-refractivity contribution in [3.8, 4) is 0 Å². The fourth-order valence-electron chi connectivity index (χ4n) is 2.32. The van der Waals surface area contributed by atoms with E-state index in [2.05, 4.69) is 15.6 Å². The van der Waals surface area contributed by atoms with Gasteiger partial charge >= 0.3 is 11.8 Å². The number of aromatic nitrogens is 2. The van der Waals surface area contributed by atoms with Gasteiger partial charge in [-0.15, -0.1) is 0 Å². The fraction of sp³-hybridized carbons (Fsp3) is 0.333. The van der Waals surface area contributed by atoms with Crippen molar-refractivity contribution in [2.75, 3.05) is 32.5 Å². The first kappa shape index (κ1) is 19.3. The molecule has 0 aliphatic heterocycles. The summed E-state index contributed by atoms with van der Waals surface area (Å²) in [5.74, 6) is -1.44. The minimum absolute atomic E-state index is 0.262. The number of hydrogen-bond donors (Lipinski definition) is 2. The molecule has 0 atom stereocenters. The van der Waals surface area contributed by atoms with Crippen LogP contribution in [0.15, 0.2) is 36.7 Å². The second-order valence-corrected chi connectivity index (χ2v) is 6.14. The summed E-state index contributed by atoms with van der Waals surface area (Å²) in [7, 11) is 5.61. The predicted octanol–water partition coefficient (Wildman–Crippen LogP) is 0.658. The van der Waals surface area contributed by atoms with Crippen LogP contribution in [-0.4, -0.2) is 59.2 Å². The first-order valence-corrected chi connectivity index (χ1v) is 8.24. The Hall–Kier alpha value is -3.00. The quantitative estimate of drug-likeness (QED) is 0.431. The Bertz CT molecular complexity index is 798. The summed E-state index contributed by atoms with van der Waals surface area (Å²) in [6.07, 6.45) is 3.97. The summed E-state index contributed by atoms with van der Waals surface area (Å²) in [5.41, 5.74) is 0.752. The molecule has 2 amide bonds. The van der Waals surface area contributed by atoms with Gasteiger partial charge in [0.2, 0.25) is 5.78 Å². The maximum absolute atomic E-state index is 12.5. The Morgan fingerprint density at radius 1 is 1.19 bits per heavy atom. The van der Waals surface area contributed by atoms with Crippen molar-refractivity contribution in [2.24, 2.45) is 7.05 Å². The van der Waals surface area contributed by atoms with E-state index >= 15 is 0 Å². The van der Waals surface area contributed by atoms with Crippen LogP contribution in [0.25, 0.3) is 0 Å². The highest BCUT2D eigenvalue weighted by molar-refractivity contribution is 6.39. The number of aryl methyl sites for hydroxylation is 1. The molecule has 0 unspecified atom stereocenters. The van der Waals surface area contributed by atoms with Gasteiger partial charge in [0.05, 0.1) is 0 Å². The molecular weight excluding hydrogens is 334 g/mol. The molecule has 2 rings (SSSR count). The van der Waals surface area contributed by atoms with Crippen LogP contribution in [0.5, 0.6) is 0 Å². The molecule has 2 N–H and O–H groups in total. The lowest BCUT2D eigenvalue weighted by molar-refractivity contribution is -0.136. The predicted molar refractivity (Wildman–Crippen MR) is 97.9 cm³/mol. The summed E-state index contributed by atoms with van der Waals surface area (Å²) in [4.78, 5) is 42.3. The minimum atomic E-state index is -0.767. The number of carbonyl (C=O) groups is 3. The van der Waals surface area contributed by atoms with Crippen molar-refractivity contribution in [1.29, 1.82) is 0 Å². The fourth-order valence-corrected chi connectivity index (χ4v) is 2.32. The van der Waals surface area contributed by atoms with Crippen molar-refractivity contribution >= 4 is 23.3 Å². The zero-order valence-electron chi connectivity index (χ0n) is 15.2. The first-order valence-electron chi connectivity index (χ1n) is 8.24. The van der Waals surface area contributed by atoms with Crippen molar-refractivity contribution in [3.63, 3.8) is 0 Å². The van der Waals surface area contributed by atoms with Gasteiger partial charge in [0.15, 0.2) is 5.82 Å². The van der Waals surface area contributed by atoms with Crippen LogP contribution in [-0.2, 0) is 16.6 Å². The molecule has 0 radical (unpaired) electrons. The maximum Gasteiger partial charge on any atom is 0.313 e. The maximum atomic E-state index is 12.5. The van der Waals surface area contributed by atoms with E-state index in [1.807, 2.05) is 19.0 Å². The zero-order chi connectivity index (χ0) is 19.1. The Labute approximate surface area is 152 Å². The monoisotopic (exact) mass is 357 g/mol. The highest BCUT2D eigenvalue weighted by Gasteiger charge is 2.16. The minimum Gasteiger partial charge on any atom is -0.348 e. The molecule has 26 heavy (non-hydrogen) atoms.